The maximum Gasteiger partial charge on any atom is 0.490 e. The van der Waals surface area contributed by atoms with E-state index < -0.39 is 52.2 Å². The van der Waals surface area contributed by atoms with Gasteiger partial charge in [-0.2, -0.15) is 31.1 Å². The number of hydrogen-bond donors (Lipinski definition) is 8. The van der Waals surface area contributed by atoms with Gasteiger partial charge in [-0.3, -0.25) is 19.8 Å². The van der Waals surface area contributed by atoms with Gasteiger partial charge in [-0.1, -0.05) is 24.3 Å². The Hall–Kier alpha value is -5.29. The van der Waals surface area contributed by atoms with Crippen molar-refractivity contribution in [3.63, 3.8) is 0 Å². The molecule has 1 aliphatic heterocycles. The summed E-state index contributed by atoms with van der Waals surface area (Å²) >= 11 is 0. The number of sulfonamides is 1. The van der Waals surface area contributed by atoms with E-state index >= 15 is 0 Å². The lowest BCUT2D eigenvalue weighted by Gasteiger charge is -2.33. The van der Waals surface area contributed by atoms with Crippen LogP contribution >= 0.6 is 0 Å². The first kappa shape index (κ1) is 44.7. The molecule has 16 nitrogen and oxygen atoms in total. The molecule has 0 bridgehead atoms. The highest BCUT2D eigenvalue weighted by atomic mass is 32.2. The fourth-order valence-electron chi connectivity index (χ4n) is 4.24. The molecule has 1 fully saturated rings. The number of nitrogens with zero attached hydrogens (tertiary/aromatic N) is 1. The topological polar surface area (TPSA) is 289 Å². The molecule has 2 aromatic carbocycles. The zero-order valence-electron chi connectivity index (χ0n) is 26.8. The Labute approximate surface area is 291 Å². The number of piperidine rings is 1. The third-order valence-corrected chi connectivity index (χ3v) is 8.24. The normalized spacial score (nSPS) is 14.0. The first-order chi connectivity index (χ1) is 23.9. The number of carboxylic acids is 2. The number of primary amides is 1. The number of anilines is 1. The molecule has 1 saturated heterocycles. The van der Waals surface area contributed by atoms with Crippen LogP contribution in [0.15, 0.2) is 53.4 Å². The average Bonchev–Trinajstić information content (AvgIpc) is 3.04. The molecule has 0 spiro atoms. The number of nitrogens with one attached hydrogen (secondary N) is 3. The van der Waals surface area contributed by atoms with Crippen molar-refractivity contribution >= 4 is 51.2 Å². The lowest BCUT2D eigenvalue weighted by molar-refractivity contribution is -0.193. The predicted octanol–water partition coefficient (Wildman–Crippen LogP) is 1.14. The Kier molecular flexibility index (Phi) is 16.6. The summed E-state index contributed by atoms with van der Waals surface area (Å²) < 4.78 is 92.7. The van der Waals surface area contributed by atoms with Crippen molar-refractivity contribution in [3.05, 3.63) is 59.7 Å². The van der Waals surface area contributed by atoms with Crippen LogP contribution in [0.1, 0.15) is 30.4 Å². The van der Waals surface area contributed by atoms with Crippen molar-refractivity contribution in [3.8, 4) is 0 Å². The molecule has 288 valence electrons. The molecule has 1 atom stereocenters. The van der Waals surface area contributed by atoms with Crippen molar-refractivity contribution in [2.24, 2.45) is 23.1 Å². The maximum absolute atomic E-state index is 13.5. The molecular weight excluding hydrogens is 736 g/mol. The number of carbonyl (C=O) groups is 5. The summed E-state index contributed by atoms with van der Waals surface area (Å²) in [5.41, 5.74) is 17.7. The number of carboxylic acid groups (broad SMARTS) is 2. The molecule has 1 heterocycles. The monoisotopic (exact) mass is 771 g/mol. The largest absolute Gasteiger partial charge is 0.490 e. The van der Waals surface area contributed by atoms with Gasteiger partial charge in [0.25, 0.3) is 0 Å². The van der Waals surface area contributed by atoms with E-state index in [0.717, 1.165) is 0 Å². The fraction of sp³-hybridized carbons (Fsp3) is 0.379. The predicted molar refractivity (Wildman–Crippen MR) is 170 cm³/mol. The number of amides is 3. The summed E-state index contributed by atoms with van der Waals surface area (Å²) in [6, 6.07) is 11.2. The smallest absolute Gasteiger partial charge is 0.475 e. The Morgan fingerprint density at radius 1 is 0.904 bits per heavy atom. The molecule has 11 N–H and O–H groups in total. The highest BCUT2D eigenvalue weighted by Crippen LogP contribution is 2.21. The minimum absolute atomic E-state index is 0.00184. The van der Waals surface area contributed by atoms with Crippen LogP contribution in [0.4, 0.5) is 32.0 Å². The average molecular weight is 772 g/mol. The summed E-state index contributed by atoms with van der Waals surface area (Å²) in [6.07, 6.45) is -9.30. The molecule has 1 aliphatic rings. The quantitative estimate of drug-likeness (QED) is 0.0911. The van der Waals surface area contributed by atoms with E-state index in [2.05, 4.69) is 10.0 Å². The van der Waals surface area contributed by atoms with Crippen LogP contribution in [0.5, 0.6) is 0 Å². The van der Waals surface area contributed by atoms with Crippen LogP contribution in [0, 0.1) is 11.3 Å². The first-order valence-corrected chi connectivity index (χ1v) is 16.1. The molecule has 3 amide bonds. The summed E-state index contributed by atoms with van der Waals surface area (Å²) in [5, 5.41) is 24.5. The van der Waals surface area contributed by atoms with Crippen molar-refractivity contribution in [1.29, 1.82) is 5.41 Å². The summed E-state index contributed by atoms with van der Waals surface area (Å²) in [4.78, 5) is 56.2. The molecule has 3 rings (SSSR count). The minimum atomic E-state index is -5.08. The van der Waals surface area contributed by atoms with E-state index in [1.807, 2.05) is 0 Å². The molecule has 23 heteroatoms. The lowest BCUT2D eigenvalue weighted by atomic mass is 9.95. The summed E-state index contributed by atoms with van der Waals surface area (Å²) in [7, 11) is -4.20. The number of alkyl halides is 6. The Morgan fingerprint density at radius 3 is 1.88 bits per heavy atom. The van der Waals surface area contributed by atoms with Gasteiger partial charge in [0, 0.05) is 43.2 Å². The molecule has 2 aromatic rings. The van der Waals surface area contributed by atoms with Crippen LogP contribution in [0.2, 0.25) is 0 Å². The second-order valence-electron chi connectivity index (χ2n) is 10.7. The van der Waals surface area contributed by atoms with Gasteiger partial charge >= 0.3 is 24.3 Å². The molecule has 0 radical (unpaired) electrons. The zero-order chi connectivity index (χ0) is 40.0. The molecule has 0 aromatic heterocycles. The maximum atomic E-state index is 13.5. The Balaban J connectivity index is 0.000000812. The van der Waals surface area contributed by atoms with E-state index in [9.17, 15) is 49.1 Å². The van der Waals surface area contributed by atoms with Crippen LogP contribution in [0.25, 0.3) is 0 Å². The summed E-state index contributed by atoms with van der Waals surface area (Å²) in [6.45, 7) is 0.679. The van der Waals surface area contributed by atoms with Crippen molar-refractivity contribution in [2.45, 2.75) is 49.0 Å². The second kappa shape index (κ2) is 19.4. The number of rotatable bonds is 11. The first-order valence-electron chi connectivity index (χ1n) is 14.6. The van der Waals surface area contributed by atoms with E-state index in [1.165, 1.54) is 23.1 Å². The van der Waals surface area contributed by atoms with Gasteiger partial charge in [-0.15, -0.1) is 0 Å². The van der Waals surface area contributed by atoms with E-state index in [-0.39, 0.29) is 60.7 Å². The van der Waals surface area contributed by atoms with Crippen LogP contribution < -0.4 is 27.2 Å². The Bertz CT molecular complexity index is 1690. The van der Waals surface area contributed by atoms with Gasteiger partial charge in [0.15, 0.2) is 0 Å². The molecule has 0 saturated carbocycles. The van der Waals surface area contributed by atoms with Gasteiger partial charge in [0.1, 0.15) is 11.9 Å². The number of carbonyl (C=O) groups excluding carboxylic acids is 3. The SMILES string of the molecule is N=C(N)c1cccc(C[C@H](NS(=O)(=O)c2cccc(NC(=O)CCN)c2)C(=O)N2CCC(C(N)=O)CC2)c1.O=C(O)C(F)(F)F.O=C(O)C(F)(F)F. The van der Waals surface area contributed by atoms with Crippen LogP contribution in [-0.4, -0.2) is 97.1 Å². The number of amidine groups is 1. The highest BCUT2D eigenvalue weighted by Gasteiger charge is 2.39. The fourth-order valence-corrected chi connectivity index (χ4v) is 5.47. The molecule has 0 unspecified atom stereocenters. The van der Waals surface area contributed by atoms with Crippen molar-refractivity contribution < 1.29 is 68.9 Å². The second-order valence-corrected chi connectivity index (χ2v) is 12.4. The van der Waals surface area contributed by atoms with Crippen molar-refractivity contribution in [2.75, 3.05) is 25.0 Å². The van der Waals surface area contributed by atoms with Gasteiger partial charge in [0.05, 0.1) is 4.90 Å². The number of nitrogen functional groups attached to an aromatic ring is 1. The number of aliphatic carboxylic acids is 2. The van der Waals surface area contributed by atoms with Gasteiger partial charge in [-0.05, 0) is 49.1 Å². The van der Waals surface area contributed by atoms with E-state index in [0.29, 0.717) is 24.0 Å². The number of hydrogen-bond acceptors (Lipinski definition) is 9. The molecule has 52 heavy (non-hydrogen) atoms. The van der Waals surface area contributed by atoms with Gasteiger partial charge in [0.2, 0.25) is 27.7 Å². The molecule has 0 aliphatic carbocycles. The molecular formula is C29H35F6N7O9S. The van der Waals surface area contributed by atoms with Gasteiger partial charge in [-0.25, -0.2) is 18.0 Å². The number of benzene rings is 2. The van der Waals surface area contributed by atoms with Gasteiger partial charge < -0.3 is 37.6 Å². The summed E-state index contributed by atoms with van der Waals surface area (Å²) in [5.74, 6) is -7.23. The Morgan fingerprint density at radius 2 is 1.42 bits per heavy atom. The minimum Gasteiger partial charge on any atom is -0.475 e. The van der Waals surface area contributed by atoms with Crippen molar-refractivity contribution in [1.82, 2.24) is 9.62 Å². The zero-order valence-corrected chi connectivity index (χ0v) is 27.6. The number of halogens is 6. The standard InChI is InChI=1S/C25H33N7O5S.2C2HF3O2/c26-10-7-22(33)30-19-5-2-6-20(15-19)38(36,37)31-21(14-16-3-1-4-18(13-16)23(27)28)25(35)32-11-8-17(9-12-32)24(29)34;2*3-2(4,5)1(6)7/h1-6,13,15,17,21,31H,7-12,14,26H2,(H3,27,28)(H2,29,34)(H,30,33);2*(H,6,7)/t21-;;/m0../s1. The third-order valence-electron chi connectivity index (χ3n) is 6.77. The number of nitrogens with two attached hydrogens (primary N) is 3. The van der Waals surface area contributed by atoms with Crippen LogP contribution in [0.3, 0.4) is 0 Å². The van der Waals surface area contributed by atoms with E-state index in [1.54, 1.807) is 30.3 Å². The lowest BCUT2D eigenvalue weighted by Crippen LogP contribution is -2.52. The highest BCUT2D eigenvalue weighted by molar-refractivity contribution is 7.89. The number of likely N-dealkylation sites (tertiary alicyclic amines) is 1. The third kappa shape index (κ3) is 15.3. The van der Waals surface area contributed by atoms with Crippen LogP contribution in [-0.2, 0) is 40.4 Å². The van der Waals surface area contributed by atoms with E-state index in [4.69, 9.17) is 42.4 Å².